The second-order valence-electron chi connectivity index (χ2n) is 6.78. The van der Waals surface area contributed by atoms with E-state index in [9.17, 15) is 25.2 Å². The van der Waals surface area contributed by atoms with Crippen LogP contribution < -0.4 is 10.2 Å². The van der Waals surface area contributed by atoms with Crippen LogP contribution in [-0.4, -0.2) is 58.6 Å². The molecule has 0 amide bonds. The molecule has 0 unspecified atom stereocenters. The van der Waals surface area contributed by atoms with E-state index in [1.54, 1.807) is 32.1 Å². The molecule has 4 N–H and O–H groups in total. The van der Waals surface area contributed by atoms with Gasteiger partial charge < -0.3 is 34.3 Å². The number of hydrogen-bond donors (Lipinski definition) is 4. The van der Waals surface area contributed by atoms with Crippen LogP contribution in [0.15, 0.2) is 27.4 Å². The Morgan fingerprint density at radius 2 is 1.89 bits per heavy atom. The Bertz CT molecular complexity index is 945. The minimum atomic E-state index is -1.57. The maximum Gasteiger partial charge on any atom is 0.193 e. The highest BCUT2D eigenvalue weighted by molar-refractivity contribution is 5.86. The number of aliphatic hydroxyl groups excluding tert-OH is 4. The van der Waals surface area contributed by atoms with E-state index < -0.39 is 37.1 Å². The van der Waals surface area contributed by atoms with Gasteiger partial charge in [0.25, 0.3) is 0 Å². The van der Waals surface area contributed by atoms with E-state index in [1.165, 1.54) is 13.2 Å². The highest BCUT2D eigenvalue weighted by Gasteiger charge is 2.46. The fraction of sp³-hybridized carbons (Fsp3) is 0.450. The van der Waals surface area contributed by atoms with Crippen molar-refractivity contribution in [2.24, 2.45) is 0 Å². The Kier molecular flexibility index (Phi) is 5.87. The molecule has 8 nitrogen and oxygen atoms in total. The molecule has 8 heteroatoms. The van der Waals surface area contributed by atoms with Gasteiger partial charge in [0.1, 0.15) is 47.6 Å². The molecular formula is C20H24O8. The third kappa shape index (κ3) is 3.34. The number of hydrogen-bond acceptors (Lipinski definition) is 8. The zero-order valence-electron chi connectivity index (χ0n) is 15.8. The smallest absolute Gasteiger partial charge is 0.193 e. The van der Waals surface area contributed by atoms with Crippen LogP contribution in [0.4, 0.5) is 0 Å². The molecule has 152 valence electrons. The van der Waals surface area contributed by atoms with E-state index in [1.807, 2.05) is 0 Å². The van der Waals surface area contributed by atoms with Gasteiger partial charge in [-0.25, -0.2) is 0 Å². The summed E-state index contributed by atoms with van der Waals surface area (Å²) in [5, 5.41) is 40.6. The van der Waals surface area contributed by atoms with Gasteiger partial charge in [-0.1, -0.05) is 6.08 Å². The molecule has 0 bridgehead atoms. The lowest BCUT2D eigenvalue weighted by Crippen LogP contribution is -2.55. The Labute approximate surface area is 161 Å². The fourth-order valence-electron chi connectivity index (χ4n) is 3.56. The van der Waals surface area contributed by atoms with Crippen molar-refractivity contribution >= 4 is 17.0 Å². The zero-order chi connectivity index (χ0) is 20.6. The molecular weight excluding hydrogens is 368 g/mol. The molecule has 1 fully saturated rings. The predicted molar refractivity (Wildman–Crippen MR) is 101 cm³/mol. The van der Waals surface area contributed by atoms with Crippen LogP contribution >= 0.6 is 0 Å². The van der Waals surface area contributed by atoms with E-state index in [-0.39, 0.29) is 22.3 Å². The van der Waals surface area contributed by atoms with Crippen LogP contribution in [0, 0.1) is 6.92 Å². The van der Waals surface area contributed by atoms with Crippen LogP contribution in [0.1, 0.15) is 29.9 Å². The highest BCUT2D eigenvalue weighted by Crippen LogP contribution is 2.41. The first-order valence-corrected chi connectivity index (χ1v) is 8.92. The van der Waals surface area contributed by atoms with Crippen LogP contribution in [0.5, 0.6) is 5.75 Å². The summed E-state index contributed by atoms with van der Waals surface area (Å²) < 4.78 is 17.0. The summed E-state index contributed by atoms with van der Waals surface area (Å²) in [6, 6.07) is 2.98. The molecule has 0 aliphatic carbocycles. The molecule has 0 spiro atoms. The number of allylic oxidation sites excluding steroid dienone is 1. The minimum Gasteiger partial charge on any atom is -0.496 e. The van der Waals surface area contributed by atoms with E-state index >= 15 is 0 Å². The van der Waals surface area contributed by atoms with E-state index in [4.69, 9.17) is 13.9 Å². The minimum absolute atomic E-state index is 0.154. The van der Waals surface area contributed by atoms with Gasteiger partial charge in [0.05, 0.1) is 24.7 Å². The quantitative estimate of drug-likeness (QED) is 0.597. The first-order chi connectivity index (χ1) is 13.3. The van der Waals surface area contributed by atoms with E-state index in [0.717, 1.165) is 0 Å². The topological polar surface area (TPSA) is 130 Å². The second-order valence-corrected chi connectivity index (χ2v) is 6.78. The highest BCUT2D eigenvalue weighted by atomic mass is 16.5. The summed E-state index contributed by atoms with van der Waals surface area (Å²) in [4.78, 5) is 12.7. The lowest BCUT2D eigenvalue weighted by molar-refractivity contribution is -0.231. The van der Waals surface area contributed by atoms with Crippen molar-refractivity contribution in [3.8, 4) is 5.75 Å². The normalized spacial score (nSPS) is 28.2. The predicted octanol–water partition coefficient (Wildman–Crippen LogP) is 0.658. The molecule has 3 rings (SSSR count). The maximum absolute atomic E-state index is 12.7. The Morgan fingerprint density at radius 1 is 1.18 bits per heavy atom. The van der Waals surface area contributed by atoms with Gasteiger partial charge in [0, 0.05) is 6.07 Å². The van der Waals surface area contributed by atoms with Crippen molar-refractivity contribution in [3.05, 3.63) is 45.3 Å². The second kappa shape index (κ2) is 8.02. The fourth-order valence-corrected chi connectivity index (χ4v) is 3.56. The van der Waals surface area contributed by atoms with Crippen molar-refractivity contribution in [2.75, 3.05) is 13.7 Å². The monoisotopic (exact) mass is 392 g/mol. The molecule has 1 aromatic heterocycles. The molecule has 28 heavy (non-hydrogen) atoms. The van der Waals surface area contributed by atoms with Crippen LogP contribution in [-0.2, 0) is 4.74 Å². The number of ether oxygens (including phenoxy) is 2. The van der Waals surface area contributed by atoms with Crippen molar-refractivity contribution in [2.45, 2.75) is 44.4 Å². The number of fused-ring (bicyclic) bond motifs is 1. The summed E-state index contributed by atoms with van der Waals surface area (Å²) in [6.45, 7) is 2.94. The standard InChI is InChI=1S/C20H24O8/c1-4-5-10-7-11(22)14-9(2)6-12(26-3)15(19(14)27-10)20-18(25)17(24)16(23)13(8-21)28-20/h4-7,13,16-18,20-21,23-25H,8H2,1-3H3/t13-,16-,17+,18-,20+/m1/s1. The third-order valence-corrected chi connectivity index (χ3v) is 4.95. The first kappa shape index (κ1) is 20.5. The zero-order valence-corrected chi connectivity index (χ0v) is 15.8. The molecule has 0 saturated carbocycles. The number of aryl methyl sites for hydroxylation is 1. The number of methoxy groups -OCH3 is 1. The molecule has 1 aliphatic rings. The van der Waals surface area contributed by atoms with E-state index in [2.05, 4.69) is 0 Å². The average Bonchev–Trinajstić information content (AvgIpc) is 2.66. The van der Waals surface area contributed by atoms with Crippen LogP contribution in [0.25, 0.3) is 17.0 Å². The third-order valence-electron chi connectivity index (χ3n) is 4.95. The van der Waals surface area contributed by atoms with Gasteiger partial charge >= 0.3 is 0 Å². The average molecular weight is 392 g/mol. The van der Waals surface area contributed by atoms with Crippen LogP contribution in [0.3, 0.4) is 0 Å². The molecule has 1 saturated heterocycles. The van der Waals surface area contributed by atoms with Crippen molar-refractivity contribution in [1.82, 2.24) is 0 Å². The Balaban J connectivity index is 2.32. The summed E-state index contributed by atoms with van der Waals surface area (Å²) in [6.07, 6.45) is -3.56. The van der Waals surface area contributed by atoms with Crippen molar-refractivity contribution in [1.29, 1.82) is 0 Å². The summed E-state index contributed by atoms with van der Waals surface area (Å²) >= 11 is 0. The molecule has 2 aromatic rings. The number of rotatable bonds is 4. The molecule has 5 atom stereocenters. The van der Waals surface area contributed by atoms with Gasteiger partial charge in [-0.15, -0.1) is 0 Å². The van der Waals surface area contributed by atoms with Gasteiger partial charge in [-0.05, 0) is 31.6 Å². The molecule has 1 aliphatic heterocycles. The summed E-state index contributed by atoms with van der Waals surface area (Å²) in [7, 11) is 1.42. The van der Waals surface area contributed by atoms with Gasteiger partial charge in [0.2, 0.25) is 0 Å². The van der Waals surface area contributed by atoms with E-state index in [0.29, 0.717) is 16.7 Å². The SMILES string of the molecule is CC=Cc1cc(=O)c2c(C)cc(OC)c([C@@H]3O[C@H](CO)[C@@H](O)[C@H](O)[C@H]3O)c2o1. The molecule has 2 heterocycles. The lowest BCUT2D eigenvalue weighted by atomic mass is 9.89. The number of benzene rings is 1. The van der Waals surface area contributed by atoms with Gasteiger partial charge in [-0.3, -0.25) is 4.79 Å². The van der Waals surface area contributed by atoms with Gasteiger partial charge in [-0.2, -0.15) is 0 Å². The van der Waals surface area contributed by atoms with Crippen molar-refractivity contribution < 1.29 is 34.3 Å². The Hall–Kier alpha value is -2.23. The number of aliphatic hydroxyl groups is 4. The van der Waals surface area contributed by atoms with Gasteiger partial charge in [0.15, 0.2) is 5.43 Å². The summed E-state index contributed by atoms with van der Waals surface area (Å²) in [5.74, 6) is 0.591. The largest absolute Gasteiger partial charge is 0.496 e. The molecule has 0 radical (unpaired) electrons. The summed E-state index contributed by atoms with van der Waals surface area (Å²) in [5.41, 5.74) is 0.714. The Morgan fingerprint density at radius 3 is 2.50 bits per heavy atom. The lowest BCUT2D eigenvalue weighted by Gasteiger charge is -2.40. The molecule has 1 aromatic carbocycles. The maximum atomic E-state index is 12.7. The van der Waals surface area contributed by atoms with Crippen LogP contribution in [0.2, 0.25) is 0 Å². The first-order valence-electron chi connectivity index (χ1n) is 8.92. The van der Waals surface area contributed by atoms with Crippen molar-refractivity contribution in [3.63, 3.8) is 0 Å².